The number of hydrogen-bond acceptors (Lipinski definition) is 2. The molecule has 1 aromatic carbocycles. The minimum Gasteiger partial charge on any atom is -0.267 e. The SMILES string of the molecule is CC/C(=N/NC(=O)c1ccccc1Cl)C(C)C. The Kier molecular flexibility index (Phi) is 5.16. The maximum atomic E-state index is 11.8. The summed E-state index contributed by atoms with van der Waals surface area (Å²) in [5.41, 5.74) is 3.94. The molecule has 0 atom stereocenters. The molecule has 0 aromatic heterocycles. The lowest BCUT2D eigenvalue weighted by molar-refractivity contribution is 0.0954. The van der Waals surface area contributed by atoms with Gasteiger partial charge >= 0.3 is 0 Å². The predicted molar refractivity (Wildman–Crippen MR) is 71.5 cm³/mol. The van der Waals surface area contributed by atoms with Gasteiger partial charge in [0, 0.05) is 5.71 Å². The van der Waals surface area contributed by atoms with E-state index in [1.54, 1.807) is 24.3 Å². The van der Waals surface area contributed by atoms with Crippen LogP contribution in [0.25, 0.3) is 0 Å². The Hall–Kier alpha value is -1.35. The highest BCUT2D eigenvalue weighted by Crippen LogP contribution is 2.14. The standard InChI is InChI=1S/C13H17ClN2O/c1-4-12(9(2)3)15-16-13(17)10-7-5-6-8-11(10)14/h5-9H,4H2,1-3H3,(H,16,17)/b15-12-. The minimum absolute atomic E-state index is 0.276. The van der Waals surface area contributed by atoms with Gasteiger partial charge in [0.1, 0.15) is 0 Å². The number of carbonyl (C=O) groups is 1. The summed E-state index contributed by atoms with van der Waals surface area (Å²) in [5.74, 6) is 0.0498. The summed E-state index contributed by atoms with van der Waals surface area (Å²) >= 11 is 5.92. The van der Waals surface area contributed by atoms with Gasteiger partial charge in [-0.1, -0.05) is 44.5 Å². The Labute approximate surface area is 107 Å². The molecule has 0 aliphatic heterocycles. The maximum absolute atomic E-state index is 11.8. The lowest BCUT2D eigenvalue weighted by Gasteiger charge is -2.08. The lowest BCUT2D eigenvalue weighted by Crippen LogP contribution is -2.21. The van der Waals surface area contributed by atoms with E-state index in [2.05, 4.69) is 10.5 Å². The van der Waals surface area contributed by atoms with Crippen molar-refractivity contribution < 1.29 is 4.79 Å². The predicted octanol–water partition coefficient (Wildman–Crippen LogP) is 3.49. The van der Waals surface area contributed by atoms with Crippen LogP contribution in [-0.2, 0) is 0 Å². The van der Waals surface area contributed by atoms with E-state index >= 15 is 0 Å². The largest absolute Gasteiger partial charge is 0.272 e. The zero-order valence-corrected chi connectivity index (χ0v) is 11.1. The summed E-state index contributed by atoms with van der Waals surface area (Å²) in [6.07, 6.45) is 0.820. The third kappa shape index (κ3) is 3.86. The third-order valence-electron chi connectivity index (χ3n) is 2.45. The van der Waals surface area contributed by atoms with Crippen molar-refractivity contribution >= 4 is 23.2 Å². The first kappa shape index (κ1) is 13.7. The summed E-state index contributed by atoms with van der Waals surface area (Å²) in [4.78, 5) is 11.8. The van der Waals surface area contributed by atoms with Crippen molar-refractivity contribution in [3.05, 3.63) is 34.9 Å². The summed E-state index contributed by atoms with van der Waals surface area (Å²) in [6, 6.07) is 6.92. The fraction of sp³-hybridized carbons (Fsp3) is 0.385. The number of benzene rings is 1. The van der Waals surface area contributed by atoms with Crippen LogP contribution in [0.1, 0.15) is 37.6 Å². The second kappa shape index (κ2) is 6.40. The molecule has 0 unspecified atom stereocenters. The van der Waals surface area contributed by atoms with E-state index in [-0.39, 0.29) is 5.91 Å². The van der Waals surface area contributed by atoms with Crippen LogP contribution in [-0.4, -0.2) is 11.6 Å². The zero-order chi connectivity index (χ0) is 12.8. The molecule has 0 saturated heterocycles. The van der Waals surface area contributed by atoms with Crippen molar-refractivity contribution in [3.63, 3.8) is 0 Å². The van der Waals surface area contributed by atoms with E-state index in [1.165, 1.54) is 0 Å². The van der Waals surface area contributed by atoms with Gasteiger partial charge in [0.15, 0.2) is 0 Å². The Morgan fingerprint density at radius 1 is 1.41 bits per heavy atom. The molecule has 1 N–H and O–H groups in total. The highest BCUT2D eigenvalue weighted by Gasteiger charge is 2.09. The first-order valence-electron chi connectivity index (χ1n) is 5.67. The van der Waals surface area contributed by atoms with Crippen LogP contribution in [0, 0.1) is 5.92 Å². The van der Waals surface area contributed by atoms with Crippen molar-refractivity contribution in [2.45, 2.75) is 27.2 Å². The van der Waals surface area contributed by atoms with Crippen LogP contribution in [0.2, 0.25) is 5.02 Å². The van der Waals surface area contributed by atoms with Crippen molar-refractivity contribution in [1.29, 1.82) is 0 Å². The molecule has 17 heavy (non-hydrogen) atoms. The molecule has 0 radical (unpaired) electrons. The van der Waals surface area contributed by atoms with Gasteiger partial charge in [-0.25, -0.2) is 5.43 Å². The summed E-state index contributed by atoms with van der Waals surface area (Å²) < 4.78 is 0. The molecule has 1 aromatic rings. The van der Waals surface area contributed by atoms with Gasteiger partial charge in [0.05, 0.1) is 10.6 Å². The van der Waals surface area contributed by atoms with Crippen molar-refractivity contribution in [1.82, 2.24) is 5.43 Å². The Balaban J connectivity index is 2.77. The normalized spacial score (nSPS) is 11.7. The van der Waals surface area contributed by atoms with Gasteiger partial charge in [-0.05, 0) is 24.5 Å². The first-order valence-corrected chi connectivity index (χ1v) is 6.05. The number of nitrogens with zero attached hydrogens (tertiary/aromatic N) is 1. The van der Waals surface area contributed by atoms with Crippen LogP contribution in [0.3, 0.4) is 0 Å². The summed E-state index contributed by atoms with van der Waals surface area (Å²) in [6.45, 7) is 6.11. The monoisotopic (exact) mass is 252 g/mol. The fourth-order valence-electron chi connectivity index (χ4n) is 1.44. The van der Waals surface area contributed by atoms with E-state index < -0.39 is 0 Å². The molecule has 0 saturated carbocycles. The van der Waals surface area contributed by atoms with Gasteiger partial charge in [0.2, 0.25) is 0 Å². The molecule has 0 bridgehead atoms. The maximum Gasteiger partial charge on any atom is 0.272 e. The van der Waals surface area contributed by atoms with Gasteiger partial charge in [-0.15, -0.1) is 0 Å². The number of amides is 1. The molecule has 0 fully saturated rings. The number of rotatable bonds is 4. The van der Waals surface area contributed by atoms with E-state index in [9.17, 15) is 4.79 Å². The van der Waals surface area contributed by atoms with Crippen LogP contribution < -0.4 is 5.43 Å². The molecule has 4 heteroatoms. The Bertz CT molecular complexity index is 427. The second-order valence-electron chi connectivity index (χ2n) is 4.03. The number of hydrogen-bond donors (Lipinski definition) is 1. The summed E-state index contributed by atoms with van der Waals surface area (Å²) in [7, 11) is 0. The topological polar surface area (TPSA) is 41.5 Å². The number of carbonyl (C=O) groups excluding carboxylic acids is 1. The molecule has 1 rings (SSSR count). The van der Waals surface area contributed by atoms with Crippen LogP contribution in [0.5, 0.6) is 0 Å². The van der Waals surface area contributed by atoms with E-state index in [0.717, 1.165) is 12.1 Å². The molecule has 3 nitrogen and oxygen atoms in total. The average molecular weight is 253 g/mol. The second-order valence-corrected chi connectivity index (χ2v) is 4.44. The van der Waals surface area contributed by atoms with Gasteiger partial charge in [-0.3, -0.25) is 4.79 Å². The molecule has 0 spiro atoms. The van der Waals surface area contributed by atoms with Crippen molar-refractivity contribution in [2.75, 3.05) is 0 Å². The third-order valence-corrected chi connectivity index (χ3v) is 2.78. The van der Waals surface area contributed by atoms with Gasteiger partial charge in [0.25, 0.3) is 5.91 Å². The van der Waals surface area contributed by atoms with Gasteiger partial charge < -0.3 is 0 Å². The van der Waals surface area contributed by atoms with Crippen molar-refractivity contribution in [3.8, 4) is 0 Å². The number of halogens is 1. The smallest absolute Gasteiger partial charge is 0.267 e. The fourth-order valence-corrected chi connectivity index (χ4v) is 1.67. The lowest BCUT2D eigenvalue weighted by atomic mass is 10.1. The van der Waals surface area contributed by atoms with E-state index in [4.69, 9.17) is 11.6 Å². The molecular formula is C13H17ClN2O. The van der Waals surface area contributed by atoms with Crippen molar-refractivity contribution in [2.24, 2.45) is 11.0 Å². The first-order chi connectivity index (χ1) is 8.06. The minimum atomic E-state index is -0.276. The molecular weight excluding hydrogens is 236 g/mol. The average Bonchev–Trinajstić information content (AvgIpc) is 2.29. The Morgan fingerprint density at radius 3 is 2.59 bits per heavy atom. The number of hydrazone groups is 1. The van der Waals surface area contributed by atoms with Gasteiger partial charge in [-0.2, -0.15) is 5.10 Å². The molecule has 0 heterocycles. The van der Waals surface area contributed by atoms with E-state index in [0.29, 0.717) is 16.5 Å². The highest BCUT2D eigenvalue weighted by molar-refractivity contribution is 6.33. The van der Waals surface area contributed by atoms with Crippen LogP contribution in [0.4, 0.5) is 0 Å². The molecule has 0 aliphatic rings. The van der Waals surface area contributed by atoms with E-state index in [1.807, 2.05) is 20.8 Å². The Morgan fingerprint density at radius 2 is 2.06 bits per heavy atom. The van der Waals surface area contributed by atoms with Crippen LogP contribution in [0.15, 0.2) is 29.4 Å². The zero-order valence-electron chi connectivity index (χ0n) is 10.3. The molecule has 0 aliphatic carbocycles. The molecule has 92 valence electrons. The quantitative estimate of drug-likeness (QED) is 0.647. The highest BCUT2D eigenvalue weighted by atomic mass is 35.5. The van der Waals surface area contributed by atoms with Crippen LogP contribution >= 0.6 is 11.6 Å². The number of nitrogens with one attached hydrogen (secondary N) is 1. The summed E-state index contributed by atoms with van der Waals surface area (Å²) in [5, 5.41) is 4.55. The molecule has 1 amide bonds.